The minimum absolute atomic E-state index is 0.0489. The van der Waals surface area contributed by atoms with E-state index in [4.69, 9.17) is 4.74 Å². The van der Waals surface area contributed by atoms with E-state index in [0.29, 0.717) is 13.2 Å². The van der Waals surface area contributed by atoms with Crippen LogP contribution in [0.1, 0.15) is 38.2 Å². The number of amides is 1. The number of piperidine rings is 1. The second-order valence-corrected chi connectivity index (χ2v) is 6.01. The van der Waals surface area contributed by atoms with Crippen molar-refractivity contribution in [2.24, 2.45) is 0 Å². The van der Waals surface area contributed by atoms with E-state index in [2.05, 4.69) is 12.1 Å². The second kappa shape index (κ2) is 8.91. The molecule has 2 rings (SSSR count). The molecule has 1 saturated heterocycles. The monoisotopic (exact) mass is 305 g/mol. The van der Waals surface area contributed by atoms with E-state index in [-0.39, 0.29) is 11.9 Å². The summed E-state index contributed by atoms with van der Waals surface area (Å²) in [5.41, 5.74) is 1.31. The van der Waals surface area contributed by atoms with Crippen LogP contribution in [0.4, 0.5) is 0 Å². The topological polar surface area (TPSA) is 49.8 Å². The Labute approximate surface area is 133 Å². The molecule has 4 nitrogen and oxygen atoms in total. The summed E-state index contributed by atoms with van der Waals surface area (Å²) in [4.78, 5) is 13.4. The van der Waals surface area contributed by atoms with Crippen LogP contribution >= 0.6 is 0 Å². The third-order valence-electron chi connectivity index (χ3n) is 4.28. The standard InChI is InChI=1S/C18H27NO3/c1-15(20)19-12-6-5-11-17(19)18(21)14-22-13-7-10-16-8-3-2-4-9-16/h2-4,8-9,17-18,21H,5-7,10-14H2,1H3/t17-,18+/m0/s1. The third-order valence-corrected chi connectivity index (χ3v) is 4.28. The molecule has 0 bridgehead atoms. The number of aliphatic hydroxyl groups is 1. The zero-order chi connectivity index (χ0) is 15.8. The van der Waals surface area contributed by atoms with Gasteiger partial charge in [0.05, 0.1) is 18.8 Å². The lowest BCUT2D eigenvalue weighted by atomic mass is 9.97. The molecule has 1 N–H and O–H groups in total. The molecule has 0 aromatic heterocycles. The van der Waals surface area contributed by atoms with Gasteiger partial charge in [-0.05, 0) is 37.7 Å². The summed E-state index contributed by atoms with van der Waals surface area (Å²) in [5.74, 6) is 0.0489. The Balaban J connectivity index is 1.66. The first kappa shape index (κ1) is 17.0. The van der Waals surface area contributed by atoms with Crippen LogP contribution < -0.4 is 0 Å². The van der Waals surface area contributed by atoms with Crippen molar-refractivity contribution in [2.75, 3.05) is 19.8 Å². The summed E-state index contributed by atoms with van der Waals surface area (Å²) >= 11 is 0. The van der Waals surface area contributed by atoms with Gasteiger partial charge in [-0.15, -0.1) is 0 Å². The number of benzene rings is 1. The van der Waals surface area contributed by atoms with E-state index in [0.717, 1.165) is 38.6 Å². The number of nitrogens with zero attached hydrogens (tertiary/aromatic N) is 1. The van der Waals surface area contributed by atoms with Crippen molar-refractivity contribution >= 4 is 5.91 Å². The van der Waals surface area contributed by atoms with Crippen LogP contribution in [-0.4, -0.2) is 47.8 Å². The van der Waals surface area contributed by atoms with Gasteiger partial charge in [0.15, 0.2) is 0 Å². The van der Waals surface area contributed by atoms with Crippen LogP contribution in [0.15, 0.2) is 30.3 Å². The van der Waals surface area contributed by atoms with Crippen LogP contribution in [0, 0.1) is 0 Å². The van der Waals surface area contributed by atoms with Gasteiger partial charge in [0.2, 0.25) is 5.91 Å². The van der Waals surface area contributed by atoms with Crippen molar-refractivity contribution in [3.8, 4) is 0 Å². The van der Waals surface area contributed by atoms with Crippen molar-refractivity contribution in [1.82, 2.24) is 4.90 Å². The number of aryl methyl sites for hydroxylation is 1. The van der Waals surface area contributed by atoms with Crippen molar-refractivity contribution < 1.29 is 14.6 Å². The number of hydrogen-bond donors (Lipinski definition) is 1. The highest BCUT2D eigenvalue weighted by atomic mass is 16.5. The predicted octanol–water partition coefficient (Wildman–Crippen LogP) is 2.40. The molecule has 1 heterocycles. The molecular formula is C18H27NO3. The van der Waals surface area contributed by atoms with Crippen molar-refractivity contribution in [3.05, 3.63) is 35.9 Å². The Morgan fingerprint density at radius 1 is 1.36 bits per heavy atom. The van der Waals surface area contributed by atoms with E-state index < -0.39 is 6.10 Å². The summed E-state index contributed by atoms with van der Waals surface area (Å²) in [6, 6.07) is 10.2. The first-order chi connectivity index (χ1) is 10.7. The molecule has 0 aliphatic carbocycles. The molecule has 0 unspecified atom stereocenters. The predicted molar refractivity (Wildman–Crippen MR) is 86.6 cm³/mol. The molecule has 1 aliphatic rings. The van der Waals surface area contributed by atoms with Crippen LogP contribution in [0.3, 0.4) is 0 Å². The lowest BCUT2D eigenvalue weighted by Gasteiger charge is -2.37. The van der Waals surface area contributed by atoms with Gasteiger partial charge < -0.3 is 14.7 Å². The molecular weight excluding hydrogens is 278 g/mol. The molecule has 0 radical (unpaired) electrons. The van der Waals surface area contributed by atoms with Crippen molar-refractivity contribution in [1.29, 1.82) is 0 Å². The lowest BCUT2D eigenvalue weighted by molar-refractivity contribution is -0.137. The Kier molecular flexibility index (Phi) is 6.87. The number of carbonyl (C=O) groups excluding carboxylic acids is 1. The zero-order valence-corrected chi connectivity index (χ0v) is 13.4. The molecule has 1 aromatic rings. The minimum atomic E-state index is -0.582. The first-order valence-electron chi connectivity index (χ1n) is 8.25. The largest absolute Gasteiger partial charge is 0.389 e. The Morgan fingerprint density at radius 3 is 2.86 bits per heavy atom. The number of hydrogen-bond acceptors (Lipinski definition) is 3. The highest BCUT2D eigenvalue weighted by Gasteiger charge is 2.30. The molecule has 1 aliphatic heterocycles. The molecule has 1 amide bonds. The lowest BCUT2D eigenvalue weighted by Crippen LogP contribution is -2.50. The fourth-order valence-electron chi connectivity index (χ4n) is 3.09. The van der Waals surface area contributed by atoms with Gasteiger partial charge in [-0.1, -0.05) is 30.3 Å². The molecule has 122 valence electrons. The molecule has 22 heavy (non-hydrogen) atoms. The van der Waals surface area contributed by atoms with Gasteiger partial charge in [-0.3, -0.25) is 4.79 Å². The molecule has 2 atom stereocenters. The molecule has 0 saturated carbocycles. The maximum atomic E-state index is 11.6. The van der Waals surface area contributed by atoms with Crippen LogP contribution in [0.5, 0.6) is 0 Å². The van der Waals surface area contributed by atoms with E-state index in [9.17, 15) is 9.90 Å². The van der Waals surface area contributed by atoms with Gasteiger partial charge in [0.25, 0.3) is 0 Å². The normalized spacial score (nSPS) is 19.9. The summed E-state index contributed by atoms with van der Waals surface area (Å²) in [6.45, 7) is 3.28. The Hall–Kier alpha value is -1.39. The Bertz CT molecular complexity index is 449. The maximum Gasteiger partial charge on any atom is 0.219 e. The average molecular weight is 305 g/mol. The number of likely N-dealkylation sites (tertiary alicyclic amines) is 1. The van der Waals surface area contributed by atoms with Crippen molar-refractivity contribution in [3.63, 3.8) is 0 Å². The van der Waals surface area contributed by atoms with Crippen LogP contribution in [0.2, 0.25) is 0 Å². The van der Waals surface area contributed by atoms with E-state index >= 15 is 0 Å². The first-order valence-corrected chi connectivity index (χ1v) is 8.25. The minimum Gasteiger partial charge on any atom is -0.389 e. The third kappa shape index (κ3) is 5.11. The second-order valence-electron chi connectivity index (χ2n) is 6.01. The fourth-order valence-corrected chi connectivity index (χ4v) is 3.09. The molecule has 0 spiro atoms. The van der Waals surface area contributed by atoms with Crippen LogP contribution in [0.25, 0.3) is 0 Å². The van der Waals surface area contributed by atoms with Gasteiger partial charge in [0, 0.05) is 20.1 Å². The number of ether oxygens (including phenoxy) is 1. The fraction of sp³-hybridized carbons (Fsp3) is 0.611. The number of rotatable bonds is 7. The zero-order valence-electron chi connectivity index (χ0n) is 13.4. The smallest absolute Gasteiger partial charge is 0.219 e. The maximum absolute atomic E-state index is 11.6. The highest BCUT2D eigenvalue weighted by Crippen LogP contribution is 2.20. The summed E-state index contributed by atoms with van der Waals surface area (Å²) in [6.07, 6.45) is 4.31. The molecule has 1 fully saturated rings. The highest BCUT2D eigenvalue weighted by molar-refractivity contribution is 5.73. The molecule has 1 aromatic carbocycles. The summed E-state index contributed by atoms with van der Waals surface area (Å²) < 4.78 is 5.61. The molecule has 4 heteroatoms. The SMILES string of the molecule is CC(=O)N1CCCC[C@H]1[C@H](O)COCCCc1ccccc1. The van der Waals surface area contributed by atoms with Gasteiger partial charge in [0.1, 0.15) is 0 Å². The van der Waals surface area contributed by atoms with Gasteiger partial charge >= 0.3 is 0 Å². The van der Waals surface area contributed by atoms with E-state index in [1.165, 1.54) is 5.56 Å². The van der Waals surface area contributed by atoms with E-state index in [1.807, 2.05) is 18.2 Å². The van der Waals surface area contributed by atoms with E-state index in [1.54, 1.807) is 11.8 Å². The quantitative estimate of drug-likeness (QED) is 0.787. The average Bonchev–Trinajstić information content (AvgIpc) is 2.55. The van der Waals surface area contributed by atoms with Crippen LogP contribution in [-0.2, 0) is 16.0 Å². The summed E-state index contributed by atoms with van der Waals surface area (Å²) in [5, 5.41) is 10.3. The summed E-state index contributed by atoms with van der Waals surface area (Å²) in [7, 11) is 0. The van der Waals surface area contributed by atoms with Crippen molar-refractivity contribution in [2.45, 2.75) is 51.2 Å². The van der Waals surface area contributed by atoms with Gasteiger partial charge in [-0.25, -0.2) is 0 Å². The number of aliphatic hydroxyl groups excluding tert-OH is 1. The number of carbonyl (C=O) groups is 1. The van der Waals surface area contributed by atoms with Gasteiger partial charge in [-0.2, -0.15) is 0 Å². The Morgan fingerprint density at radius 2 is 2.14 bits per heavy atom.